The second-order valence-corrected chi connectivity index (χ2v) is 10.0. The van der Waals surface area contributed by atoms with Crippen molar-refractivity contribution in [1.82, 2.24) is 15.0 Å². The Morgan fingerprint density at radius 3 is 2.62 bits per heavy atom. The normalized spacial score (nSPS) is 11.4. The zero-order valence-corrected chi connectivity index (χ0v) is 19.9. The van der Waals surface area contributed by atoms with E-state index in [4.69, 9.17) is 15.6 Å². The number of carbonyl (C=O) groups is 1. The number of aliphatic hydroxyl groups is 1. The number of hydrogen-bond donors (Lipinski definition) is 3. The minimum absolute atomic E-state index is 0.0198. The van der Waals surface area contributed by atoms with Crippen LogP contribution in [0.3, 0.4) is 0 Å². The van der Waals surface area contributed by atoms with Crippen LogP contribution in [0.2, 0.25) is 0 Å². The first-order valence-corrected chi connectivity index (χ1v) is 12.3. The Morgan fingerprint density at radius 2 is 1.88 bits per heavy atom. The van der Waals surface area contributed by atoms with Gasteiger partial charge in [0.05, 0.1) is 17.3 Å². The molecule has 2 aromatic heterocycles. The van der Waals surface area contributed by atoms with Crippen molar-refractivity contribution in [2.75, 3.05) is 17.7 Å². The van der Waals surface area contributed by atoms with Crippen LogP contribution < -0.4 is 15.8 Å². The fourth-order valence-electron chi connectivity index (χ4n) is 3.19. The maximum Gasteiger partial charge on any atom is 0.411 e. The van der Waals surface area contributed by atoms with E-state index in [9.17, 15) is 13.2 Å². The summed E-state index contributed by atoms with van der Waals surface area (Å²) in [7, 11) is -3.62. The molecular formula is C22H18BrN5O5S. The average molecular weight is 544 g/mol. The van der Waals surface area contributed by atoms with E-state index in [1.54, 1.807) is 24.4 Å². The third kappa shape index (κ3) is 5.14. The number of carbonyl (C=O) groups excluding carboxylic acids is 1. The predicted molar refractivity (Wildman–Crippen MR) is 130 cm³/mol. The quantitative estimate of drug-likeness (QED) is 0.317. The summed E-state index contributed by atoms with van der Waals surface area (Å²) in [6, 6.07) is 15.1. The first kappa shape index (κ1) is 23.5. The molecule has 0 aliphatic heterocycles. The van der Waals surface area contributed by atoms with Crippen molar-refractivity contribution in [2.24, 2.45) is 5.73 Å². The van der Waals surface area contributed by atoms with Gasteiger partial charge in [-0.2, -0.15) is 9.97 Å². The minimum atomic E-state index is -3.62. The van der Waals surface area contributed by atoms with Crippen LogP contribution >= 0.6 is 15.9 Å². The van der Waals surface area contributed by atoms with Gasteiger partial charge < -0.3 is 20.9 Å². The smallest absolute Gasteiger partial charge is 0.395 e. The summed E-state index contributed by atoms with van der Waals surface area (Å²) in [6.45, 7) is -0.476. The number of primary amides is 1. The number of nitrogens with two attached hydrogens (primary N) is 1. The third-order valence-electron chi connectivity index (χ3n) is 4.70. The van der Waals surface area contributed by atoms with Gasteiger partial charge in [-0.3, -0.25) is 0 Å². The lowest BCUT2D eigenvalue weighted by Gasteiger charge is -2.12. The van der Waals surface area contributed by atoms with Gasteiger partial charge in [0.2, 0.25) is 11.8 Å². The van der Waals surface area contributed by atoms with Gasteiger partial charge >= 0.3 is 6.09 Å². The number of pyridine rings is 1. The molecule has 34 heavy (non-hydrogen) atoms. The number of benzene rings is 2. The van der Waals surface area contributed by atoms with Crippen molar-refractivity contribution < 1.29 is 23.1 Å². The Kier molecular flexibility index (Phi) is 6.72. The second-order valence-electron chi connectivity index (χ2n) is 7.04. The summed E-state index contributed by atoms with van der Waals surface area (Å²) in [4.78, 5) is 24.5. The maximum atomic E-state index is 12.2. The number of nitrogens with one attached hydrogen (secondary N) is 1. The summed E-state index contributed by atoms with van der Waals surface area (Å²) in [5, 5.41) is 12.5. The SMILES string of the molecule is NC(=O)Oc1nc2nc(Nc3cccc(S(=O)(=O)CCO)c3)ncc2cc1-c1ccccc1Br. The highest BCUT2D eigenvalue weighted by atomic mass is 79.9. The van der Waals surface area contributed by atoms with Crippen LogP contribution in [0.15, 0.2) is 70.2 Å². The molecular weight excluding hydrogens is 526 g/mol. The lowest BCUT2D eigenvalue weighted by molar-refractivity contribution is 0.209. The molecule has 12 heteroatoms. The van der Waals surface area contributed by atoms with Gasteiger partial charge in [-0.25, -0.2) is 18.2 Å². The number of halogens is 1. The zero-order chi connectivity index (χ0) is 24.3. The van der Waals surface area contributed by atoms with Gasteiger partial charge in [0.25, 0.3) is 0 Å². The summed E-state index contributed by atoms with van der Waals surface area (Å²) in [5.41, 5.74) is 7.14. The molecule has 10 nitrogen and oxygen atoms in total. The Hall–Kier alpha value is -3.61. The monoisotopic (exact) mass is 543 g/mol. The molecule has 0 bridgehead atoms. The van der Waals surface area contributed by atoms with Crippen LogP contribution in [0, 0.1) is 0 Å². The number of sulfone groups is 1. The fourth-order valence-corrected chi connectivity index (χ4v) is 4.75. The van der Waals surface area contributed by atoms with E-state index >= 15 is 0 Å². The lowest BCUT2D eigenvalue weighted by atomic mass is 10.1. The number of nitrogens with zero attached hydrogens (tertiary/aromatic N) is 3. The number of ether oxygens (including phenoxy) is 1. The Balaban J connectivity index is 1.73. The van der Waals surface area contributed by atoms with Gasteiger partial charge in [-0.05, 0) is 30.3 Å². The standard InChI is InChI=1S/C22H18BrN5O5S/c23-18-7-2-1-6-16(18)17-10-13-12-25-22(28-19(13)27-20(17)33-21(24)30)26-14-4-3-5-15(11-14)34(31,32)9-8-29/h1-7,10-12,29H,8-9H2,(H2,24,30)(H,25,26,27,28). The van der Waals surface area contributed by atoms with Crippen molar-refractivity contribution in [2.45, 2.75) is 4.90 Å². The molecule has 1 amide bonds. The molecule has 174 valence electrons. The number of rotatable bonds is 7. The molecule has 2 heterocycles. The molecule has 0 aliphatic rings. The first-order valence-electron chi connectivity index (χ1n) is 9.87. The zero-order valence-electron chi connectivity index (χ0n) is 17.5. The Morgan fingerprint density at radius 1 is 1.09 bits per heavy atom. The Bertz CT molecular complexity index is 1500. The lowest BCUT2D eigenvalue weighted by Crippen LogP contribution is -2.17. The summed E-state index contributed by atoms with van der Waals surface area (Å²) in [6.07, 6.45) is 0.520. The van der Waals surface area contributed by atoms with E-state index in [1.807, 2.05) is 24.3 Å². The molecule has 0 radical (unpaired) electrons. The summed E-state index contributed by atoms with van der Waals surface area (Å²) >= 11 is 3.48. The molecule has 4 N–H and O–H groups in total. The molecule has 0 atom stereocenters. The Labute approximate surface area is 202 Å². The van der Waals surface area contributed by atoms with Crippen molar-refractivity contribution in [1.29, 1.82) is 0 Å². The van der Waals surface area contributed by atoms with E-state index in [1.165, 1.54) is 12.1 Å². The van der Waals surface area contributed by atoms with E-state index in [2.05, 4.69) is 36.2 Å². The van der Waals surface area contributed by atoms with Crippen LogP contribution in [0.25, 0.3) is 22.2 Å². The van der Waals surface area contributed by atoms with Gasteiger partial charge in [0.15, 0.2) is 15.5 Å². The first-order chi connectivity index (χ1) is 16.3. The average Bonchev–Trinajstić information content (AvgIpc) is 2.79. The van der Waals surface area contributed by atoms with Crippen molar-refractivity contribution in [3.8, 4) is 17.0 Å². The van der Waals surface area contributed by atoms with Crippen LogP contribution in [0.5, 0.6) is 5.88 Å². The molecule has 2 aromatic carbocycles. The highest BCUT2D eigenvalue weighted by Gasteiger charge is 2.17. The van der Waals surface area contributed by atoms with Crippen LogP contribution in [-0.2, 0) is 9.84 Å². The molecule has 0 spiro atoms. The van der Waals surface area contributed by atoms with Gasteiger partial charge in [-0.15, -0.1) is 0 Å². The maximum absolute atomic E-state index is 12.2. The van der Waals surface area contributed by atoms with E-state index in [-0.39, 0.29) is 28.1 Å². The number of amides is 1. The number of hydrogen-bond acceptors (Lipinski definition) is 9. The van der Waals surface area contributed by atoms with Crippen molar-refractivity contribution in [3.63, 3.8) is 0 Å². The fraction of sp³-hybridized carbons (Fsp3) is 0.0909. The van der Waals surface area contributed by atoms with Crippen molar-refractivity contribution in [3.05, 3.63) is 65.3 Å². The van der Waals surface area contributed by atoms with E-state index in [0.29, 0.717) is 16.6 Å². The molecule has 0 unspecified atom stereocenters. The number of aromatic nitrogens is 3. The number of anilines is 2. The largest absolute Gasteiger partial charge is 0.411 e. The highest BCUT2D eigenvalue weighted by Crippen LogP contribution is 2.36. The summed E-state index contributed by atoms with van der Waals surface area (Å²) in [5.74, 6) is -0.251. The van der Waals surface area contributed by atoms with E-state index in [0.717, 1.165) is 10.0 Å². The molecule has 4 aromatic rings. The van der Waals surface area contributed by atoms with E-state index < -0.39 is 22.5 Å². The van der Waals surface area contributed by atoms with Crippen molar-refractivity contribution >= 4 is 54.5 Å². The molecule has 0 saturated heterocycles. The minimum Gasteiger partial charge on any atom is -0.395 e. The summed E-state index contributed by atoms with van der Waals surface area (Å²) < 4.78 is 30.4. The van der Waals surface area contributed by atoms with Crippen LogP contribution in [-0.4, -0.2) is 46.9 Å². The number of aliphatic hydroxyl groups excluding tert-OH is 1. The molecule has 0 fully saturated rings. The molecule has 4 rings (SSSR count). The van der Waals surface area contributed by atoms with Crippen LogP contribution in [0.1, 0.15) is 0 Å². The van der Waals surface area contributed by atoms with Gasteiger partial charge in [0.1, 0.15) is 0 Å². The number of fused-ring (bicyclic) bond motifs is 1. The second kappa shape index (κ2) is 9.71. The third-order valence-corrected chi connectivity index (χ3v) is 7.09. The molecule has 0 saturated carbocycles. The predicted octanol–water partition coefficient (Wildman–Crippen LogP) is 3.42. The molecule has 0 aliphatic carbocycles. The van der Waals surface area contributed by atoms with Gasteiger partial charge in [-0.1, -0.05) is 40.2 Å². The highest BCUT2D eigenvalue weighted by molar-refractivity contribution is 9.10. The topological polar surface area (TPSA) is 157 Å². The van der Waals surface area contributed by atoms with Gasteiger partial charge in [0, 0.05) is 32.9 Å². The van der Waals surface area contributed by atoms with Crippen LogP contribution in [0.4, 0.5) is 16.4 Å².